The minimum Gasteiger partial charge on any atom is -0.368 e. The molecule has 3 rings (SSSR count). The summed E-state index contributed by atoms with van der Waals surface area (Å²) in [6, 6.07) is 4.09. The number of carbonyl (C=O) groups excluding carboxylic acids is 3. The van der Waals surface area contributed by atoms with Crippen molar-refractivity contribution in [3.8, 4) is 0 Å². The summed E-state index contributed by atoms with van der Waals surface area (Å²) in [7, 11) is 0. The van der Waals surface area contributed by atoms with E-state index in [2.05, 4.69) is 15.7 Å². The third-order valence-electron chi connectivity index (χ3n) is 6.04. The van der Waals surface area contributed by atoms with Crippen molar-refractivity contribution in [2.75, 3.05) is 6.54 Å². The van der Waals surface area contributed by atoms with Crippen LogP contribution in [0.1, 0.15) is 56.9 Å². The molecule has 0 spiro atoms. The number of hydrogen-bond acceptors (Lipinski definition) is 4. The van der Waals surface area contributed by atoms with Crippen molar-refractivity contribution in [1.82, 2.24) is 20.4 Å². The Morgan fingerprint density at radius 3 is 2.50 bits per heavy atom. The lowest BCUT2D eigenvalue weighted by Gasteiger charge is -2.30. The molecule has 0 bridgehead atoms. The number of nitrogens with one attached hydrogen (secondary N) is 2. The van der Waals surface area contributed by atoms with Gasteiger partial charge in [-0.05, 0) is 30.2 Å². The standard InChI is InChI=1S/C23H30ClF2N5O3/c1-22(2,3)19(21(34)28-11-16(27)32)29-20(33)17-14-5-4-6-15(24)18(14)31(30-17)12-13-7-9-23(25,26)10-8-13/h4-6,13,19H,7-12H2,1-3H3,(H2,27,32)(H,28,34)(H,29,33)/t19-/m1/s1. The Kier molecular flexibility index (Phi) is 7.50. The van der Waals surface area contributed by atoms with Gasteiger partial charge < -0.3 is 16.4 Å². The van der Waals surface area contributed by atoms with Crippen molar-refractivity contribution in [1.29, 1.82) is 0 Å². The first-order chi connectivity index (χ1) is 15.8. The predicted octanol–water partition coefficient (Wildman–Crippen LogP) is 3.26. The number of hydrogen-bond donors (Lipinski definition) is 3. The van der Waals surface area contributed by atoms with Crippen LogP contribution in [0.15, 0.2) is 18.2 Å². The largest absolute Gasteiger partial charge is 0.368 e. The molecule has 1 aromatic heterocycles. The summed E-state index contributed by atoms with van der Waals surface area (Å²) in [6.07, 6.45) is 0.357. The monoisotopic (exact) mass is 497 g/mol. The SMILES string of the molecule is CC(C)(C)[C@H](NC(=O)c1nn(CC2CCC(F)(F)CC2)c2c(Cl)cccc12)C(=O)NCC(N)=O. The lowest BCUT2D eigenvalue weighted by atomic mass is 9.86. The van der Waals surface area contributed by atoms with Crippen molar-refractivity contribution < 1.29 is 23.2 Å². The summed E-state index contributed by atoms with van der Waals surface area (Å²) >= 11 is 6.42. The molecule has 34 heavy (non-hydrogen) atoms. The van der Waals surface area contributed by atoms with Crippen molar-refractivity contribution >= 4 is 40.2 Å². The van der Waals surface area contributed by atoms with Gasteiger partial charge in [-0.1, -0.05) is 44.5 Å². The molecule has 4 N–H and O–H groups in total. The molecule has 8 nitrogen and oxygen atoms in total. The van der Waals surface area contributed by atoms with E-state index in [1.807, 2.05) is 0 Å². The number of nitrogens with zero attached hydrogens (tertiary/aromatic N) is 2. The first-order valence-electron chi connectivity index (χ1n) is 11.2. The van der Waals surface area contributed by atoms with Crippen LogP contribution in [0, 0.1) is 11.3 Å². The van der Waals surface area contributed by atoms with Crippen molar-refractivity contribution in [3.05, 3.63) is 28.9 Å². The molecule has 1 aromatic carbocycles. The number of aromatic nitrogens is 2. The van der Waals surface area contributed by atoms with Crippen LogP contribution >= 0.6 is 11.6 Å². The smallest absolute Gasteiger partial charge is 0.273 e. The van der Waals surface area contributed by atoms with Crippen LogP contribution in [0.3, 0.4) is 0 Å². The van der Waals surface area contributed by atoms with Crippen LogP contribution in [0.2, 0.25) is 5.02 Å². The average Bonchev–Trinajstić information content (AvgIpc) is 3.10. The van der Waals surface area contributed by atoms with E-state index in [4.69, 9.17) is 17.3 Å². The summed E-state index contributed by atoms with van der Waals surface area (Å²) in [6.45, 7) is 5.32. The number of primary amides is 1. The number of halogens is 3. The summed E-state index contributed by atoms with van der Waals surface area (Å²) in [5, 5.41) is 10.5. The van der Waals surface area contributed by atoms with E-state index in [1.54, 1.807) is 43.7 Å². The van der Waals surface area contributed by atoms with Crippen LogP contribution in [-0.2, 0) is 16.1 Å². The maximum Gasteiger partial charge on any atom is 0.273 e. The highest BCUT2D eigenvalue weighted by molar-refractivity contribution is 6.35. The fourth-order valence-electron chi connectivity index (χ4n) is 4.17. The minimum atomic E-state index is -2.64. The predicted molar refractivity (Wildman–Crippen MR) is 125 cm³/mol. The lowest BCUT2D eigenvalue weighted by molar-refractivity contribution is -0.128. The van der Waals surface area contributed by atoms with Gasteiger partial charge in [0.2, 0.25) is 17.7 Å². The third kappa shape index (κ3) is 6.02. The zero-order valence-corrected chi connectivity index (χ0v) is 20.2. The van der Waals surface area contributed by atoms with E-state index in [9.17, 15) is 23.2 Å². The number of benzene rings is 1. The quantitative estimate of drug-likeness (QED) is 0.544. The summed E-state index contributed by atoms with van der Waals surface area (Å²) < 4.78 is 28.7. The molecule has 0 saturated heterocycles. The van der Waals surface area contributed by atoms with Gasteiger partial charge in [-0.15, -0.1) is 0 Å². The van der Waals surface area contributed by atoms with Gasteiger partial charge in [-0.25, -0.2) is 8.78 Å². The number of fused-ring (bicyclic) bond motifs is 1. The number of para-hydroxylation sites is 1. The molecule has 11 heteroatoms. The Morgan fingerprint density at radius 2 is 1.91 bits per heavy atom. The van der Waals surface area contributed by atoms with Gasteiger partial charge in [0.05, 0.1) is 17.1 Å². The average molecular weight is 498 g/mol. The molecule has 0 radical (unpaired) electrons. The Hall–Kier alpha value is -2.75. The number of nitrogens with two attached hydrogens (primary N) is 1. The van der Waals surface area contributed by atoms with Crippen LogP contribution in [0.5, 0.6) is 0 Å². The Bertz CT molecular complexity index is 1090. The van der Waals surface area contributed by atoms with Crippen LogP contribution in [0.4, 0.5) is 8.78 Å². The molecule has 0 unspecified atom stereocenters. The van der Waals surface area contributed by atoms with Gasteiger partial charge >= 0.3 is 0 Å². The molecule has 1 heterocycles. The zero-order valence-electron chi connectivity index (χ0n) is 19.5. The van der Waals surface area contributed by atoms with E-state index >= 15 is 0 Å². The lowest BCUT2D eigenvalue weighted by Crippen LogP contribution is -2.54. The fourth-order valence-corrected chi connectivity index (χ4v) is 4.44. The summed E-state index contributed by atoms with van der Waals surface area (Å²) in [5.74, 6) is -4.49. The maximum atomic E-state index is 13.6. The Labute approximate surface area is 201 Å². The molecule has 0 aliphatic heterocycles. The van der Waals surface area contributed by atoms with E-state index in [0.717, 1.165) is 0 Å². The number of carbonyl (C=O) groups is 3. The second-order valence-electron chi connectivity index (χ2n) is 9.92. The maximum absolute atomic E-state index is 13.6. The van der Waals surface area contributed by atoms with Crippen molar-refractivity contribution in [2.45, 2.75) is 65.0 Å². The van der Waals surface area contributed by atoms with Crippen LogP contribution in [0.25, 0.3) is 10.9 Å². The Morgan fingerprint density at radius 1 is 1.26 bits per heavy atom. The topological polar surface area (TPSA) is 119 Å². The number of rotatable bonds is 7. The number of amides is 3. The van der Waals surface area contributed by atoms with Gasteiger partial charge in [-0.2, -0.15) is 5.10 Å². The first-order valence-corrected chi connectivity index (χ1v) is 11.6. The van der Waals surface area contributed by atoms with Gasteiger partial charge in [0.25, 0.3) is 5.91 Å². The highest BCUT2D eigenvalue weighted by Gasteiger charge is 2.36. The summed E-state index contributed by atoms with van der Waals surface area (Å²) in [5.41, 5.74) is 5.04. The minimum absolute atomic E-state index is 0.0168. The fraction of sp³-hybridized carbons (Fsp3) is 0.565. The molecule has 3 amide bonds. The van der Waals surface area contributed by atoms with Crippen LogP contribution in [-0.4, -0.2) is 46.0 Å². The molecule has 186 valence electrons. The number of alkyl halides is 2. The van der Waals surface area contributed by atoms with E-state index in [1.165, 1.54) is 0 Å². The summed E-state index contributed by atoms with van der Waals surface area (Å²) in [4.78, 5) is 37.0. The first kappa shape index (κ1) is 25.9. The van der Waals surface area contributed by atoms with Crippen LogP contribution < -0.4 is 16.4 Å². The molecular weight excluding hydrogens is 468 g/mol. The molecule has 1 aliphatic rings. The molecule has 1 aliphatic carbocycles. The van der Waals surface area contributed by atoms with Crippen molar-refractivity contribution in [3.63, 3.8) is 0 Å². The van der Waals surface area contributed by atoms with E-state index in [0.29, 0.717) is 35.3 Å². The zero-order chi connectivity index (χ0) is 25.3. The second kappa shape index (κ2) is 9.85. The van der Waals surface area contributed by atoms with Gasteiger partial charge in [0.1, 0.15) is 6.04 Å². The molecular formula is C23H30ClF2N5O3. The molecule has 1 saturated carbocycles. The molecule has 2 aromatic rings. The van der Waals surface area contributed by atoms with Gasteiger partial charge in [-0.3, -0.25) is 19.1 Å². The van der Waals surface area contributed by atoms with E-state index < -0.39 is 35.1 Å². The third-order valence-corrected chi connectivity index (χ3v) is 6.35. The highest BCUT2D eigenvalue weighted by atomic mass is 35.5. The normalized spacial score (nSPS) is 17.4. The van der Waals surface area contributed by atoms with Gasteiger partial charge in [0.15, 0.2) is 5.69 Å². The second-order valence-corrected chi connectivity index (χ2v) is 10.3. The highest BCUT2D eigenvalue weighted by Crippen LogP contribution is 2.37. The molecule has 1 atom stereocenters. The molecule has 1 fully saturated rings. The van der Waals surface area contributed by atoms with Gasteiger partial charge in [0, 0.05) is 24.8 Å². The Balaban J connectivity index is 1.88. The van der Waals surface area contributed by atoms with E-state index in [-0.39, 0.29) is 31.0 Å². The van der Waals surface area contributed by atoms with Crippen molar-refractivity contribution in [2.24, 2.45) is 17.1 Å².